The van der Waals surface area contributed by atoms with Gasteiger partial charge in [0.2, 0.25) is 0 Å². The summed E-state index contributed by atoms with van der Waals surface area (Å²) in [5, 5.41) is 0. The van der Waals surface area contributed by atoms with Gasteiger partial charge in [-0.1, -0.05) is 11.6 Å². The molecule has 0 aliphatic heterocycles. The molecule has 0 saturated heterocycles. The quantitative estimate of drug-likeness (QED) is 0.686. The molecule has 1 N–H and O–H groups in total. The number of aromatic nitrogens is 2. The average molecular weight is 299 g/mol. The number of benzene rings is 1. The van der Waals surface area contributed by atoms with E-state index in [0.717, 1.165) is 14.7 Å². The molecule has 3 rings (SSSR count). The van der Waals surface area contributed by atoms with Gasteiger partial charge < -0.3 is 9.55 Å². The first kappa shape index (κ1) is 11.9. The molecule has 6 heteroatoms. The summed E-state index contributed by atoms with van der Waals surface area (Å²) in [4.78, 5) is 4.12. The summed E-state index contributed by atoms with van der Waals surface area (Å²) in [5.41, 5.74) is 1.61. The maximum atomic E-state index is 13.1. The first-order valence-electron chi connectivity index (χ1n) is 5.26. The van der Waals surface area contributed by atoms with Crippen molar-refractivity contribution in [2.24, 2.45) is 0 Å². The molecule has 0 fully saturated rings. The predicted molar refractivity (Wildman–Crippen MR) is 75.5 cm³/mol. The van der Waals surface area contributed by atoms with E-state index in [1.165, 1.54) is 23.5 Å². The lowest BCUT2D eigenvalue weighted by Crippen LogP contribution is -1.97. The molecule has 0 unspecified atom stereocenters. The van der Waals surface area contributed by atoms with E-state index in [4.69, 9.17) is 23.8 Å². The Labute approximate surface area is 117 Å². The van der Waals surface area contributed by atoms with Gasteiger partial charge in [-0.25, -0.2) is 4.39 Å². The standard InChI is InChI=1S/C12H8ClFN2S2/c13-11-4-2-8(18-11)6-16-10-3-1-7(14)5-9(10)15-12(16)17/h1-5H,6H2,(H,15,17). The zero-order chi connectivity index (χ0) is 12.7. The number of nitrogens with one attached hydrogen (secondary N) is 1. The molecule has 0 saturated carbocycles. The largest absolute Gasteiger partial charge is 0.330 e. The fourth-order valence-corrected chi connectivity index (χ4v) is 3.23. The second-order valence-corrected chi connectivity index (χ2v) is 6.07. The van der Waals surface area contributed by atoms with Crippen molar-refractivity contribution in [1.29, 1.82) is 0 Å². The van der Waals surface area contributed by atoms with Crippen molar-refractivity contribution < 1.29 is 4.39 Å². The Balaban J connectivity index is 2.11. The third kappa shape index (κ3) is 2.09. The highest BCUT2D eigenvalue weighted by molar-refractivity contribution is 7.71. The summed E-state index contributed by atoms with van der Waals surface area (Å²) in [6, 6.07) is 8.44. The SMILES string of the molecule is Fc1ccc2c(c1)[nH]c(=S)n2Cc1ccc(Cl)s1. The lowest BCUT2D eigenvalue weighted by atomic mass is 10.3. The van der Waals surface area contributed by atoms with Gasteiger partial charge in [-0.3, -0.25) is 0 Å². The predicted octanol–water partition coefficient (Wildman–Crippen LogP) is 4.60. The fourth-order valence-electron chi connectivity index (χ4n) is 1.89. The Morgan fingerprint density at radius 1 is 1.33 bits per heavy atom. The first-order valence-corrected chi connectivity index (χ1v) is 6.86. The van der Waals surface area contributed by atoms with E-state index in [-0.39, 0.29) is 5.82 Å². The second-order valence-electron chi connectivity index (χ2n) is 3.88. The first-order chi connectivity index (χ1) is 8.63. The minimum atomic E-state index is -0.273. The molecular weight excluding hydrogens is 291 g/mol. The summed E-state index contributed by atoms with van der Waals surface area (Å²) in [6.07, 6.45) is 0. The van der Waals surface area contributed by atoms with Gasteiger partial charge >= 0.3 is 0 Å². The number of rotatable bonds is 2. The van der Waals surface area contributed by atoms with Crippen molar-refractivity contribution in [2.75, 3.05) is 0 Å². The van der Waals surface area contributed by atoms with Crippen LogP contribution in [0.5, 0.6) is 0 Å². The highest BCUT2D eigenvalue weighted by Gasteiger charge is 2.07. The van der Waals surface area contributed by atoms with E-state index in [2.05, 4.69) is 4.98 Å². The molecule has 2 heterocycles. The molecule has 0 bridgehead atoms. The van der Waals surface area contributed by atoms with Crippen LogP contribution in [0.1, 0.15) is 4.88 Å². The van der Waals surface area contributed by atoms with Gasteiger partial charge in [0.15, 0.2) is 4.77 Å². The van der Waals surface area contributed by atoms with Gasteiger partial charge in [0.05, 0.1) is 21.9 Å². The molecule has 2 nitrogen and oxygen atoms in total. The van der Waals surface area contributed by atoms with Crippen LogP contribution in [0, 0.1) is 10.6 Å². The van der Waals surface area contributed by atoms with Gasteiger partial charge in [0.1, 0.15) is 5.82 Å². The lowest BCUT2D eigenvalue weighted by Gasteiger charge is -2.01. The Bertz CT molecular complexity index is 772. The van der Waals surface area contributed by atoms with E-state index < -0.39 is 0 Å². The molecule has 3 aromatic rings. The van der Waals surface area contributed by atoms with E-state index in [0.29, 0.717) is 16.8 Å². The maximum Gasteiger partial charge on any atom is 0.178 e. The molecule has 0 spiro atoms. The highest BCUT2D eigenvalue weighted by Crippen LogP contribution is 2.24. The van der Waals surface area contributed by atoms with E-state index in [1.54, 1.807) is 6.07 Å². The van der Waals surface area contributed by atoms with Crippen LogP contribution in [0.15, 0.2) is 30.3 Å². The maximum absolute atomic E-state index is 13.1. The summed E-state index contributed by atoms with van der Waals surface area (Å²) in [7, 11) is 0. The number of thiophene rings is 1. The van der Waals surface area contributed by atoms with Crippen molar-refractivity contribution >= 4 is 46.2 Å². The number of H-pyrrole nitrogens is 1. The third-order valence-corrected chi connectivity index (χ3v) is 4.22. The van der Waals surface area contributed by atoms with Gasteiger partial charge in [0, 0.05) is 4.88 Å². The van der Waals surface area contributed by atoms with E-state index >= 15 is 0 Å². The van der Waals surface area contributed by atoms with Gasteiger partial charge in [-0.05, 0) is 42.5 Å². The van der Waals surface area contributed by atoms with Crippen LogP contribution in [-0.2, 0) is 6.54 Å². The van der Waals surface area contributed by atoms with Gasteiger partial charge in [-0.2, -0.15) is 0 Å². The molecule has 92 valence electrons. The number of fused-ring (bicyclic) bond motifs is 1. The van der Waals surface area contributed by atoms with E-state index in [1.807, 2.05) is 16.7 Å². The second kappa shape index (κ2) is 4.50. The van der Waals surface area contributed by atoms with Gasteiger partial charge in [0.25, 0.3) is 0 Å². The van der Waals surface area contributed by atoms with Crippen LogP contribution in [0.25, 0.3) is 11.0 Å². The number of aromatic amines is 1. The summed E-state index contributed by atoms with van der Waals surface area (Å²) in [6.45, 7) is 0.641. The zero-order valence-electron chi connectivity index (χ0n) is 9.11. The van der Waals surface area contributed by atoms with Crippen molar-refractivity contribution in [1.82, 2.24) is 9.55 Å². The number of hydrogen-bond donors (Lipinski definition) is 1. The van der Waals surface area contributed by atoms with Crippen LogP contribution in [-0.4, -0.2) is 9.55 Å². The smallest absolute Gasteiger partial charge is 0.178 e. The van der Waals surface area contributed by atoms with Crippen molar-refractivity contribution in [2.45, 2.75) is 6.54 Å². The van der Waals surface area contributed by atoms with Crippen LogP contribution in [0.2, 0.25) is 4.34 Å². The monoisotopic (exact) mass is 298 g/mol. The summed E-state index contributed by atoms with van der Waals surface area (Å²) < 4.78 is 16.4. The third-order valence-electron chi connectivity index (χ3n) is 2.68. The molecular formula is C12H8ClFN2S2. The number of hydrogen-bond acceptors (Lipinski definition) is 2. The molecule has 0 atom stereocenters. The van der Waals surface area contributed by atoms with Crippen LogP contribution in [0.4, 0.5) is 4.39 Å². The van der Waals surface area contributed by atoms with E-state index in [9.17, 15) is 4.39 Å². The van der Waals surface area contributed by atoms with Crippen molar-refractivity contribution in [3.05, 3.63) is 50.1 Å². The summed E-state index contributed by atoms with van der Waals surface area (Å²) >= 11 is 12.7. The van der Waals surface area contributed by atoms with Crippen LogP contribution >= 0.6 is 35.2 Å². The minimum Gasteiger partial charge on any atom is -0.330 e. The summed E-state index contributed by atoms with van der Waals surface area (Å²) in [5.74, 6) is -0.273. The minimum absolute atomic E-state index is 0.273. The Morgan fingerprint density at radius 3 is 2.89 bits per heavy atom. The molecule has 0 amide bonds. The zero-order valence-corrected chi connectivity index (χ0v) is 11.5. The Hall–Kier alpha value is -1.17. The topological polar surface area (TPSA) is 20.7 Å². The van der Waals surface area contributed by atoms with Crippen LogP contribution < -0.4 is 0 Å². The molecule has 0 radical (unpaired) electrons. The lowest BCUT2D eigenvalue weighted by molar-refractivity contribution is 0.629. The Morgan fingerprint density at radius 2 is 2.17 bits per heavy atom. The fraction of sp³-hybridized carbons (Fsp3) is 0.0833. The number of nitrogens with zero attached hydrogens (tertiary/aromatic N) is 1. The normalized spacial score (nSPS) is 11.2. The molecule has 1 aromatic carbocycles. The highest BCUT2D eigenvalue weighted by atomic mass is 35.5. The van der Waals surface area contributed by atoms with Gasteiger partial charge in [-0.15, -0.1) is 11.3 Å². The number of halogens is 2. The molecule has 0 aliphatic rings. The van der Waals surface area contributed by atoms with Crippen molar-refractivity contribution in [3.63, 3.8) is 0 Å². The average Bonchev–Trinajstić information content (AvgIpc) is 2.84. The van der Waals surface area contributed by atoms with Crippen LogP contribution in [0.3, 0.4) is 0 Å². The number of imidazole rings is 1. The Kier molecular flexibility index (Phi) is 2.97. The molecule has 18 heavy (non-hydrogen) atoms. The van der Waals surface area contributed by atoms with Crippen molar-refractivity contribution in [3.8, 4) is 0 Å². The molecule has 2 aromatic heterocycles. The molecule has 0 aliphatic carbocycles.